The lowest BCUT2D eigenvalue weighted by Gasteiger charge is -2.34. The summed E-state index contributed by atoms with van der Waals surface area (Å²) in [7, 11) is 0. The highest BCUT2D eigenvalue weighted by atomic mass is 32.1. The first-order valence-electron chi connectivity index (χ1n) is 10.7. The van der Waals surface area contributed by atoms with E-state index < -0.39 is 5.60 Å². The Kier molecular flexibility index (Phi) is 8.27. The number of aliphatic imine (C=N–C) groups is 1. The summed E-state index contributed by atoms with van der Waals surface area (Å²) in [6, 6.07) is 14.4. The van der Waals surface area contributed by atoms with E-state index in [9.17, 15) is 5.11 Å². The molecule has 6 nitrogen and oxygen atoms in total. The summed E-state index contributed by atoms with van der Waals surface area (Å²) in [6.45, 7) is 11.2. The number of nitrogens with one attached hydrogen (secondary N) is 2. The SMILES string of the molecule is CCNC(=NCC(C)(O)c1ccccc1)NCC(c1ccc(C)s1)N1CCOCC1. The summed E-state index contributed by atoms with van der Waals surface area (Å²) in [5.74, 6) is 0.722. The van der Waals surface area contributed by atoms with Crippen molar-refractivity contribution in [1.82, 2.24) is 15.5 Å². The molecule has 164 valence electrons. The van der Waals surface area contributed by atoms with Crippen molar-refractivity contribution in [3.05, 3.63) is 57.8 Å². The molecule has 2 heterocycles. The van der Waals surface area contributed by atoms with Gasteiger partial charge in [-0.15, -0.1) is 11.3 Å². The molecule has 7 heteroatoms. The molecule has 3 rings (SSSR count). The molecule has 2 aromatic rings. The standard InChI is InChI=1S/C23H34N4O2S/c1-4-24-22(26-17-23(3,28)19-8-6-5-7-9-19)25-16-20(21-11-10-18(2)30-21)27-12-14-29-15-13-27/h5-11,20,28H,4,12-17H2,1-3H3,(H2,24,25,26). The molecule has 2 atom stereocenters. The van der Waals surface area contributed by atoms with Crippen LogP contribution in [0.3, 0.4) is 0 Å². The van der Waals surface area contributed by atoms with Crippen LogP contribution < -0.4 is 10.6 Å². The molecule has 0 spiro atoms. The Hall–Kier alpha value is -1.93. The van der Waals surface area contributed by atoms with Crippen LogP contribution in [0, 0.1) is 6.92 Å². The summed E-state index contributed by atoms with van der Waals surface area (Å²) >= 11 is 1.85. The van der Waals surface area contributed by atoms with Gasteiger partial charge in [0.2, 0.25) is 0 Å². The number of nitrogens with zero attached hydrogens (tertiary/aromatic N) is 2. The van der Waals surface area contributed by atoms with E-state index in [4.69, 9.17) is 4.74 Å². The highest BCUT2D eigenvalue weighted by Gasteiger charge is 2.25. The monoisotopic (exact) mass is 430 g/mol. The fourth-order valence-corrected chi connectivity index (χ4v) is 4.60. The van der Waals surface area contributed by atoms with Crippen LogP contribution in [-0.2, 0) is 10.3 Å². The summed E-state index contributed by atoms with van der Waals surface area (Å²) in [4.78, 5) is 9.84. The van der Waals surface area contributed by atoms with E-state index in [2.05, 4.69) is 46.5 Å². The number of aliphatic hydroxyl groups is 1. The van der Waals surface area contributed by atoms with Crippen LogP contribution in [0.1, 0.15) is 35.2 Å². The Bertz CT molecular complexity index is 801. The molecule has 1 saturated heterocycles. The second kappa shape index (κ2) is 10.9. The quantitative estimate of drug-likeness (QED) is 0.444. The van der Waals surface area contributed by atoms with E-state index in [1.807, 2.05) is 41.7 Å². The van der Waals surface area contributed by atoms with Gasteiger partial charge in [-0.05, 0) is 38.5 Å². The van der Waals surface area contributed by atoms with Crippen LogP contribution in [-0.4, -0.2) is 61.9 Å². The van der Waals surface area contributed by atoms with Crippen molar-refractivity contribution in [3.63, 3.8) is 0 Å². The Morgan fingerprint density at radius 1 is 1.20 bits per heavy atom. The third-order valence-corrected chi connectivity index (χ3v) is 6.43. The maximum Gasteiger partial charge on any atom is 0.191 e. The number of benzene rings is 1. The lowest BCUT2D eigenvalue weighted by molar-refractivity contribution is 0.0177. The zero-order valence-corrected chi connectivity index (χ0v) is 19.0. The lowest BCUT2D eigenvalue weighted by atomic mass is 9.96. The van der Waals surface area contributed by atoms with Gasteiger partial charge in [0.15, 0.2) is 5.96 Å². The number of thiophene rings is 1. The topological polar surface area (TPSA) is 69.1 Å². The average Bonchev–Trinajstić information content (AvgIpc) is 3.19. The summed E-state index contributed by atoms with van der Waals surface area (Å²) in [6.07, 6.45) is 0. The van der Waals surface area contributed by atoms with E-state index in [0.717, 1.165) is 50.9 Å². The van der Waals surface area contributed by atoms with Crippen LogP contribution in [0.5, 0.6) is 0 Å². The second-order valence-electron chi connectivity index (χ2n) is 7.83. The van der Waals surface area contributed by atoms with Gasteiger partial charge >= 0.3 is 0 Å². The predicted molar refractivity (Wildman–Crippen MR) is 124 cm³/mol. The smallest absolute Gasteiger partial charge is 0.191 e. The Balaban J connectivity index is 1.69. The molecule has 1 fully saturated rings. The van der Waals surface area contributed by atoms with Crippen LogP contribution in [0.2, 0.25) is 0 Å². The summed E-state index contributed by atoms with van der Waals surface area (Å²) in [5.41, 5.74) is -0.150. The Morgan fingerprint density at radius 2 is 1.93 bits per heavy atom. The third-order valence-electron chi connectivity index (χ3n) is 5.32. The zero-order chi connectivity index (χ0) is 21.4. The van der Waals surface area contributed by atoms with Gasteiger partial charge < -0.3 is 20.5 Å². The van der Waals surface area contributed by atoms with Gasteiger partial charge in [-0.2, -0.15) is 0 Å². The van der Waals surface area contributed by atoms with Crippen LogP contribution >= 0.6 is 11.3 Å². The minimum Gasteiger partial charge on any atom is -0.384 e. The van der Waals surface area contributed by atoms with Crippen LogP contribution in [0.4, 0.5) is 0 Å². The maximum absolute atomic E-state index is 10.9. The first-order valence-corrected chi connectivity index (χ1v) is 11.5. The lowest BCUT2D eigenvalue weighted by Crippen LogP contribution is -2.46. The molecule has 30 heavy (non-hydrogen) atoms. The fourth-order valence-electron chi connectivity index (χ4n) is 3.59. The van der Waals surface area contributed by atoms with Crippen molar-refractivity contribution >= 4 is 17.3 Å². The largest absolute Gasteiger partial charge is 0.384 e. The third kappa shape index (κ3) is 6.28. The molecule has 3 N–H and O–H groups in total. The van der Waals surface area contributed by atoms with Crippen molar-refractivity contribution < 1.29 is 9.84 Å². The molecule has 0 amide bonds. The molecule has 1 aliphatic heterocycles. The summed E-state index contributed by atoms with van der Waals surface area (Å²) < 4.78 is 5.55. The number of guanidine groups is 1. The van der Waals surface area contributed by atoms with Crippen molar-refractivity contribution in [2.24, 2.45) is 4.99 Å². The first-order chi connectivity index (χ1) is 14.5. The highest BCUT2D eigenvalue weighted by Crippen LogP contribution is 2.28. The Morgan fingerprint density at radius 3 is 2.57 bits per heavy atom. The number of hydrogen-bond acceptors (Lipinski definition) is 5. The van der Waals surface area contributed by atoms with Gasteiger partial charge in [0.25, 0.3) is 0 Å². The molecule has 0 aliphatic carbocycles. The number of ether oxygens (including phenoxy) is 1. The predicted octanol–water partition coefficient (Wildman–Crippen LogP) is 2.89. The number of hydrogen-bond donors (Lipinski definition) is 3. The van der Waals surface area contributed by atoms with Gasteiger partial charge in [-0.25, -0.2) is 4.99 Å². The fraction of sp³-hybridized carbons (Fsp3) is 0.522. The minimum atomic E-state index is -1.02. The first kappa shape index (κ1) is 22.7. The molecule has 1 aliphatic rings. The van der Waals surface area contributed by atoms with Gasteiger partial charge in [-0.1, -0.05) is 30.3 Å². The molecule has 0 bridgehead atoms. The van der Waals surface area contributed by atoms with Crippen molar-refractivity contribution in [1.29, 1.82) is 0 Å². The van der Waals surface area contributed by atoms with Gasteiger partial charge in [0.05, 0.1) is 25.8 Å². The molecule has 0 radical (unpaired) electrons. The number of rotatable bonds is 8. The second-order valence-corrected chi connectivity index (χ2v) is 9.15. The van der Waals surface area contributed by atoms with E-state index in [1.54, 1.807) is 6.92 Å². The van der Waals surface area contributed by atoms with E-state index >= 15 is 0 Å². The number of morpholine rings is 1. The molecule has 0 saturated carbocycles. The normalized spacial score (nSPS) is 18.6. The van der Waals surface area contributed by atoms with Gasteiger partial charge in [0, 0.05) is 35.9 Å². The van der Waals surface area contributed by atoms with Crippen molar-refractivity contribution in [2.75, 3.05) is 45.9 Å². The zero-order valence-electron chi connectivity index (χ0n) is 18.2. The number of aryl methyl sites for hydroxylation is 1. The highest BCUT2D eigenvalue weighted by molar-refractivity contribution is 7.12. The van der Waals surface area contributed by atoms with Crippen LogP contribution in [0.15, 0.2) is 47.5 Å². The molecule has 2 unspecified atom stereocenters. The molecular formula is C23H34N4O2S. The molecule has 1 aromatic heterocycles. The van der Waals surface area contributed by atoms with E-state index in [-0.39, 0.29) is 12.6 Å². The summed E-state index contributed by atoms with van der Waals surface area (Å²) in [5, 5.41) is 17.7. The molecule has 1 aromatic carbocycles. The van der Waals surface area contributed by atoms with Gasteiger partial charge in [-0.3, -0.25) is 4.90 Å². The Labute approximate surface area is 184 Å². The van der Waals surface area contributed by atoms with Crippen LogP contribution in [0.25, 0.3) is 0 Å². The minimum absolute atomic E-state index is 0.270. The average molecular weight is 431 g/mol. The van der Waals surface area contributed by atoms with E-state index in [0.29, 0.717) is 0 Å². The van der Waals surface area contributed by atoms with Crippen molar-refractivity contribution in [3.8, 4) is 0 Å². The van der Waals surface area contributed by atoms with Gasteiger partial charge in [0.1, 0.15) is 5.60 Å². The van der Waals surface area contributed by atoms with E-state index in [1.165, 1.54) is 9.75 Å². The maximum atomic E-state index is 10.9. The molecular weight excluding hydrogens is 396 g/mol. The van der Waals surface area contributed by atoms with Crippen molar-refractivity contribution in [2.45, 2.75) is 32.4 Å².